The Balaban J connectivity index is 1.58. The summed E-state index contributed by atoms with van der Waals surface area (Å²) in [5.41, 5.74) is 1.78. The van der Waals surface area contributed by atoms with Crippen molar-refractivity contribution < 1.29 is 28.2 Å². The third-order valence-corrected chi connectivity index (χ3v) is 6.04. The van der Waals surface area contributed by atoms with Gasteiger partial charge < -0.3 is 25.2 Å². The highest BCUT2D eigenvalue weighted by molar-refractivity contribution is 6.09. The van der Waals surface area contributed by atoms with E-state index in [-0.39, 0.29) is 40.8 Å². The second-order valence-corrected chi connectivity index (χ2v) is 8.47. The Morgan fingerprint density at radius 1 is 1.38 bits per heavy atom. The number of alkyl halides is 2. The van der Waals surface area contributed by atoms with Crippen LogP contribution in [0.1, 0.15) is 23.7 Å². The van der Waals surface area contributed by atoms with Gasteiger partial charge in [-0.1, -0.05) is 6.92 Å². The summed E-state index contributed by atoms with van der Waals surface area (Å²) in [4.78, 5) is 17.5. The first kappa shape index (κ1) is 24.4. The molecule has 1 atom stereocenters. The standard InChI is InChI=1S/C24H25F2N7O4/c1-2-14(13-34)11-32-12-18(30-23(35)16-10-29-33-6-3-4-28-22(16)33)21(31-32)15-8-20-17(27-5-7-36-20)9-19(15)37-24(25)26/h3-4,6,8-10,12,14,24,27,34H,2,5,7,11,13H2,1H3,(H,30,35)/t14-/m1/s1. The van der Waals surface area contributed by atoms with Crippen LogP contribution in [0.3, 0.4) is 0 Å². The number of nitrogens with one attached hydrogen (secondary N) is 2. The predicted octanol–water partition coefficient (Wildman–Crippen LogP) is 3.27. The van der Waals surface area contributed by atoms with E-state index in [1.165, 1.54) is 16.8 Å². The number of aliphatic hydroxyl groups is 1. The molecule has 4 heterocycles. The zero-order valence-corrected chi connectivity index (χ0v) is 19.9. The maximum atomic E-state index is 13.3. The van der Waals surface area contributed by atoms with Gasteiger partial charge in [0.15, 0.2) is 5.65 Å². The van der Waals surface area contributed by atoms with Crippen molar-refractivity contribution >= 4 is 22.9 Å². The molecular formula is C24H25F2N7O4. The largest absolute Gasteiger partial charge is 0.490 e. The van der Waals surface area contributed by atoms with E-state index < -0.39 is 12.5 Å². The third kappa shape index (κ3) is 5.03. The molecule has 0 unspecified atom stereocenters. The van der Waals surface area contributed by atoms with Gasteiger partial charge in [-0.25, -0.2) is 9.50 Å². The predicted molar refractivity (Wildman–Crippen MR) is 130 cm³/mol. The van der Waals surface area contributed by atoms with Crippen molar-refractivity contribution in [2.24, 2.45) is 5.92 Å². The average molecular weight is 514 g/mol. The fourth-order valence-corrected chi connectivity index (χ4v) is 4.11. The Morgan fingerprint density at radius 2 is 2.24 bits per heavy atom. The first-order valence-corrected chi connectivity index (χ1v) is 11.7. The Bertz CT molecular complexity index is 1420. The Kier molecular flexibility index (Phi) is 6.86. The fourth-order valence-electron chi connectivity index (χ4n) is 4.11. The monoisotopic (exact) mass is 513 g/mol. The smallest absolute Gasteiger partial charge is 0.387 e. The molecule has 0 bridgehead atoms. The normalized spacial score (nSPS) is 13.6. The first-order chi connectivity index (χ1) is 18.0. The quantitative estimate of drug-likeness (QED) is 0.311. The highest BCUT2D eigenvalue weighted by Crippen LogP contribution is 2.42. The number of hydrogen-bond donors (Lipinski definition) is 3. The van der Waals surface area contributed by atoms with Gasteiger partial charge in [0.25, 0.3) is 5.91 Å². The van der Waals surface area contributed by atoms with Crippen LogP contribution in [0.15, 0.2) is 43.0 Å². The van der Waals surface area contributed by atoms with Gasteiger partial charge in [-0.05, 0) is 18.6 Å². The lowest BCUT2D eigenvalue weighted by Crippen LogP contribution is -2.18. The molecule has 1 aromatic carbocycles. The summed E-state index contributed by atoms with van der Waals surface area (Å²) in [5, 5.41) is 24.3. The van der Waals surface area contributed by atoms with Crippen LogP contribution in [0.4, 0.5) is 20.2 Å². The number of amides is 1. The number of carbonyl (C=O) groups excluding carboxylic acids is 1. The Labute approximate surface area is 210 Å². The van der Waals surface area contributed by atoms with Crippen LogP contribution in [0.25, 0.3) is 16.9 Å². The number of benzene rings is 1. The van der Waals surface area contributed by atoms with E-state index in [4.69, 9.17) is 9.47 Å². The summed E-state index contributed by atoms with van der Waals surface area (Å²) in [6, 6.07) is 4.67. The molecule has 0 saturated heterocycles. The second kappa shape index (κ2) is 10.4. The number of hydrogen-bond acceptors (Lipinski definition) is 8. The number of aliphatic hydroxyl groups excluding tert-OH is 1. The number of nitrogens with zero attached hydrogens (tertiary/aromatic N) is 5. The molecule has 0 fully saturated rings. The minimum Gasteiger partial charge on any atom is -0.490 e. The Hall–Kier alpha value is -4.26. The molecule has 3 N–H and O–H groups in total. The van der Waals surface area contributed by atoms with Crippen molar-refractivity contribution in [1.82, 2.24) is 24.4 Å². The molecule has 0 spiro atoms. The van der Waals surface area contributed by atoms with Gasteiger partial charge in [0.1, 0.15) is 29.4 Å². The van der Waals surface area contributed by atoms with Gasteiger partial charge in [0.05, 0.1) is 23.1 Å². The van der Waals surface area contributed by atoms with Crippen LogP contribution in [0.5, 0.6) is 11.5 Å². The molecule has 0 saturated carbocycles. The van der Waals surface area contributed by atoms with E-state index in [2.05, 4.69) is 25.8 Å². The van der Waals surface area contributed by atoms with Crippen molar-refractivity contribution in [2.75, 3.05) is 30.4 Å². The fraction of sp³-hybridized carbons (Fsp3) is 0.333. The molecule has 11 nitrogen and oxygen atoms in total. The lowest BCUT2D eigenvalue weighted by Gasteiger charge is -2.21. The van der Waals surface area contributed by atoms with Gasteiger partial charge >= 0.3 is 6.61 Å². The highest BCUT2D eigenvalue weighted by atomic mass is 19.3. The molecule has 13 heteroatoms. The van der Waals surface area contributed by atoms with Crippen molar-refractivity contribution in [3.05, 3.63) is 48.5 Å². The topological polar surface area (TPSA) is 128 Å². The minimum atomic E-state index is -3.08. The lowest BCUT2D eigenvalue weighted by atomic mass is 10.1. The molecule has 4 aromatic rings. The summed E-state index contributed by atoms with van der Waals surface area (Å²) < 4.78 is 40.3. The van der Waals surface area contributed by atoms with Crippen LogP contribution in [0, 0.1) is 5.92 Å². The maximum Gasteiger partial charge on any atom is 0.387 e. The van der Waals surface area contributed by atoms with E-state index in [0.717, 1.165) is 0 Å². The summed E-state index contributed by atoms with van der Waals surface area (Å²) in [7, 11) is 0. The van der Waals surface area contributed by atoms with Gasteiger partial charge in [-0.2, -0.15) is 19.0 Å². The first-order valence-electron chi connectivity index (χ1n) is 11.7. The molecule has 37 heavy (non-hydrogen) atoms. The number of fused-ring (bicyclic) bond motifs is 2. The third-order valence-electron chi connectivity index (χ3n) is 6.04. The van der Waals surface area contributed by atoms with Crippen LogP contribution >= 0.6 is 0 Å². The molecule has 1 aliphatic heterocycles. The number of aromatic nitrogens is 5. The molecule has 1 aliphatic rings. The minimum absolute atomic E-state index is 0.0560. The van der Waals surface area contributed by atoms with Gasteiger partial charge in [-0.3, -0.25) is 9.48 Å². The molecule has 194 valence electrons. The summed E-state index contributed by atoms with van der Waals surface area (Å²) >= 11 is 0. The Morgan fingerprint density at radius 3 is 3.03 bits per heavy atom. The van der Waals surface area contributed by atoms with E-state index in [9.17, 15) is 18.7 Å². The van der Waals surface area contributed by atoms with Crippen molar-refractivity contribution in [2.45, 2.75) is 26.5 Å². The molecule has 5 rings (SSSR count). The van der Waals surface area contributed by atoms with Gasteiger partial charge in [0.2, 0.25) is 0 Å². The van der Waals surface area contributed by atoms with Crippen LogP contribution in [0.2, 0.25) is 0 Å². The molecule has 0 aliphatic carbocycles. The highest BCUT2D eigenvalue weighted by Gasteiger charge is 2.25. The number of carbonyl (C=O) groups is 1. The molecule has 0 radical (unpaired) electrons. The zero-order chi connectivity index (χ0) is 25.9. The lowest BCUT2D eigenvalue weighted by molar-refractivity contribution is -0.0494. The van der Waals surface area contributed by atoms with Crippen molar-refractivity contribution in [3.8, 4) is 22.8 Å². The van der Waals surface area contributed by atoms with E-state index in [0.29, 0.717) is 43.2 Å². The van der Waals surface area contributed by atoms with Crippen molar-refractivity contribution in [3.63, 3.8) is 0 Å². The molecular weight excluding hydrogens is 488 g/mol. The summed E-state index contributed by atoms with van der Waals surface area (Å²) in [6.45, 7) is 0.0701. The molecule has 3 aromatic heterocycles. The van der Waals surface area contributed by atoms with Crippen LogP contribution in [-0.4, -0.2) is 61.8 Å². The van der Waals surface area contributed by atoms with E-state index in [1.807, 2.05) is 6.92 Å². The van der Waals surface area contributed by atoms with Gasteiger partial charge in [0, 0.05) is 50.3 Å². The SMILES string of the molecule is CC[C@@H](CO)Cn1cc(NC(=O)c2cnn3cccnc23)c(-c2cc3c(cc2OC(F)F)NCCO3)n1. The van der Waals surface area contributed by atoms with Crippen molar-refractivity contribution in [1.29, 1.82) is 0 Å². The zero-order valence-electron chi connectivity index (χ0n) is 19.9. The maximum absolute atomic E-state index is 13.3. The number of halogens is 2. The summed E-state index contributed by atoms with van der Waals surface area (Å²) in [6.07, 6.45) is 6.89. The second-order valence-electron chi connectivity index (χ2n) is 8.47. The summed E-state index contributed by atoms with van der Waals surface area (Å²) in [5.74, 6) is -0.272. The van der Waals surface area contributed by atoms with E-state index in [1.54, 1.807) is 35.4 Å². The van der Waals surface area contributed by atoms with E-state index >= 15 is 0 Å². The van der Waals surface area contributed by atoms with Crippen LogP contribution < -0.4 is 20.1 Å². The van der Waals surface area contributed by atoms with Crippen LogP contribution in [-0.2, 0) is 6.54 Å². The number of anilines is 2. The van der Waals surface area contributed by atoms with Gasteiger partial charge in [-0.15, -0.1) is 0 Å². The number of rotatable bonds is 9. The molecule has 1 amide bonds. The number of ether oxygens (including phenoxy) is 2. The average Bonchev–Trinajstić information content (AvgIpc) is 3.50.